The maximum atomic E-state index is 12.5. The highest BCUT2D eigenvalue weighted by Crippen LogP contribution is 2.27. The highest BCUT2D eigenvalue weighted by molar-refractivity contribution is 7.89. The number of ether oxygens (including phenoxy) is 1. The van der Waals surface area contributed by atoms with Crippen LogP contribution in [0, 0.1) is 0 Å². The average molecular weight is 275 g/mol. The minimum Gasteiger partial charge on any atom is -0.392 e. The monoisotopic (exact) mass is 275 g/mol. The topological polar surface area (TPSA) is 95.5 Å². The first-order valence-corrected chi connectivity index (χ1v) is 7.07. The van der Waals surface area contributed by atoms with E-state index in [0.29, 0.717) is 19.8 Å². The number of aliphatic hydroxyl groups excluding tert-OH is 1. The van der Waals surface area contributed by atoms with Crippen molar-refractivity contribution in [2.45, 2.75) is 31.0 Å². The van der Waals surface area contributed by atoms with Crippen molar-refractivity contribution in [2.75, 3.05) is 19.8 Å². The van der Waals surface area contributed by atoms with Crippen molar-refractivity contribution < 1.29 is 18.3 Å². The van der Waals surface area contributed by atoms with Crippen LogP contribution in [0.5, 0.6) is 0 Å². The lowest BCUT2D eigenvalue weighted by molar-refractivity contribution is -0.00786. The predicted molar refractivity (Wildman–Crippen MR) is 63.3 cm³/mol. The summed E-state index contributed by atoms with van der Waals surface area (Å²) in [5, 5.41) is 15.2. The van der Waals surface area contributed by atoms with Crippen LogP contribution >= 0.6 is 0 Å². The van der Waals surface area contributed by atoms with Gasteiger partial charge in [0, 0.05) is 12.1 Å². The molecule has 1 aromatic heterocycles. The van der Waals surface area contributed by atoms with Gasteiger partial charge in [-0.1, -0.05) is 0 Å². The van der Waals surface area contributed by atoms with E-state index in [0.717, 1.165) is 0 Å². The largest absolute Gasteiger partial charge is 0.392 e. The van der Waals surface area contributed by atoms with Crippen LogP contribution in [0.25, 0.3) is 0 Å². The number of aromatic nitrogens is 2. The second kappa shape index (κ2) is 4.61. The Labute approximate surface area is 106 Å². The first kappa shape index (κ1) is 13.5. The Bertz CT molecular complexity index is 523. The van der Waals surface area contributed by atoms with Gasteiger partial charge in [-0.25, -0.2) is 8.42 Å². The summed E-state index contributed by atoms with van der Waals surface area (Å²) >= 11 is 0. The maximum Gasteiger partial charge on any atom is 0.260 e. The summed E-state index contributed by atoms with van der Waals surface area (Å²) in [5.74, 6) is 0. The number of nitrogens with zero attached hydrogens (tertiary/aromatic N) is 2. The van der Waals surface area contributed by atoms with Crippen LogP contribution in [0.3, 0.4) is 0 Å². The van der Waals surface area contributed by atoms with Gasteiger partial charge in [-0.2, -0.15) is 9.40 Å². The lowest BCUT2D eigenvalue weighted by Crippen LogP contribution is -2.55. The lowest BCUT2D eigenvalue weighted by Gasteiger charge is -2.40. The van der Waals surface area contributed by atoms with Crippen LogP contribution in [0.15, 0.2) is 11.2 Å². The molecule has 0 bridgehead atoms. The van der Waals surface area contributed by atoms with Crippen LogP contribution < -0.4 is 0 Å². The van der Waals surface area contributed by atoms with Crippen LogP contribution in [0.2, 0.25) is 0 Å². The molecule has 1 aromatic rings. The van der Waals surface area contributed by atoms with Crippen LogP contribution in [-0.4, -0.2) is 53.3 Å². The number of hydrogen-bond acceptors (Lipinski definition) is 5. The number of nitrogens with one attached hydrogen (secondary N) is 1. The first-order valence-electron chi connectivity index (χ1n) is 5.63. The third kappa shape index (κ3) is 2.16. The van der Waals surface area contributed by atoms with E-state index >= 15 is 0 Å². The molecule has 0 unspecified atom stereocenters. The number of rotatable bonds is 3. The summed E-state index contributed by atoms with van der Waals surface area (Å²) in [7, 11) is -3.69. The average Bonchev–Trinajstić information content (AvgIpc) is 2.76. The molecule has 1 fully saturated rings. The van der Waals surface area contributed by atoms with Crippen LogP contribution in [-0.2, 0) is 21.4 Å². The normalized spacial score (nSPS) is 21.1. The van der Waals surface area contributed by atoms with Gasteiger partial charge in [-0.15, -0.1) is 0 Å². The minimum atomic E-state index is -3.69. The number of aromatic amines is 1. The summed E-state index contributed by atoms with van der Waals surface area (Å²) in [6, 6.07) is 0. The molecule has 8 heteroatoms. The maximum absolute atomic E-state index is 12.5. The third-order valence-corrected chi connectivity index (χ3v) is 5.09. The minimum absolute atomic E-state index is 0.0417. The first-order chi connectivity index (χ1) is 8.39. The van der Waals surface area contributed by atoms with E-state index in [1.807, 2.05) is 0 Å². The molecule has 2 rings (SSSR count). The van der Waals surface area contributed by atoms with Crippen molar-refractivity contribution in [1.29, 1.82) is 0 Å². The van der Waals surface area contributed by atoms with Crippen LogP contribution in [0.4, 0.5) is 0 Å². The molecule has 0 spiro atoms. The van der Waals surface area contributed by atoms with Crippen molar-refractivity contribution >= 4 is 10.0 Å². The quantitative estimate of drug-likeness (QED) is 0.789. The van der Waals surface area contributed by atoms with E-state index in [1.54, 1.807) is 13.8 Å². The molecule has 18 heavy (non-hydrogen) atoms. The standard InChI is InChI=1S/C10H17N3O4S/c1-10(2)7-17-4-3-13(10)18(15,16)9-8(6-14)5-11-12-9/h5,14H,3-4,6-7H2,1-2H3,(H,11,12). The van der Waals surface area contributed by atoms with Gasteiger partial charge < -0.3 is 9.84 Å². The van der Waals surface area contributed by atoms with Gasteiger partial charge in [0.15, 0.2) is 5.03 Å². The van der Waals surface area contributed by atoms with Crippen molar-refractivity contribution in [1.82, 2.24) is 14.5 Å². The molecule has 1 aliphatic heterocycles. The molecule has 0 amide bonds. The Morgan fingerprint density at radius 3 is 2.94 bits per heavy atom. The van der Waals surface area contributed by atoms with Gasteiger partial charge in [0.2, 0.25) is 0 Å². The van der Waals surface area contributed by atoms with E-state index in [2.05, 4.69) is 10.2 Å². The third-order valence-electron chi connectivity index (χ3n) is 2.97. The second-order valence-electron chi connectivity index (χ2n) is 4.82. The Balaban J connectivity index is 2.42. The fourth-order valence-electron chi connectivity index (χ4n) is 2.03. The Hall–Kier alpha value is -0.960. The van der Waals surface area contributed by atoms with Crippen molar-refractivity contribution in [2.24, 2.45) is 0 Å². The van der Waals surface area contributed by atoms with Crippen molar-refractivity contribution in [3.63, 3.8) is 0 Å². The summed E-state index contributed by atoms with van der Waals surface area (Å²) in [6.45, 7) is 4.24. The van der Waals surface area contributed by atoms with E-state index in [1.165, 1.54) is 10.5 Å². The molecule has 102 valence electrons. The Morgan fingerprint density at radius 1 is 1.61 bits per heavy atom. The van der Waals surface area contributed by atoms with E-state index in [4.69, 9.17) is 9.84 Å². The zero-order valence-corrected chi connectivity index (χ0v) is 11.2. The molecule has 0 radical (unpaired) electrons. The zero-order valence-electron chi connectivity index (χ0n) is 10.4. The Kier molecular flexibility index (Phi) is 3.45. The van der Waals surface area contributed by atoms with Gasteiger partial charge in [-0.05, 0) is 13.8 Å². The molecule has 0 atom stereocenters. The molecular weight excluding hydrogens is 258 g/mol. The van der Waals surface area contributed by atoms with Gasteiger partial charge in [0.25, 0.3) is 10.0 Å². The number of aliphatic hydroxyl groups is 1. The molecule has 1 aliphatic rings. The van der Waals surface area contributed by atoms with E-state index < -0.39 is 15.6 Å². The predicted octanol–water partition coefficient (Wildman–Crippen LogP) is -0.298. The Morgan fingerprint density at radius 2 is 2.33 bits per heavy atom. The van der Waals surface area contributed by atoms with Gasteiger partial charge >= 0.3 is 0 Å². The molecular formula is C10H17N3O4S. The zero-order chi connectivity index (χ0) is 13.4. The van der Waals surface area contributed by atoms with Crippen LogP contribution in [0.1, 0.15) is 19.4 Å². The molecule has 1 saturated heterocycles. The molecule has 0 aromatic carbocycles. The summed E-state index contributed by atoms with van der Waals surface area (Å²) < 4.78 is 31.8. The molecule has 2 N–H and O–H groups in total. The second-order valence-corrected chi connectivity index (χ2v) is 6.62. The fraction of sp³-hybridized carbons (Fsp3) is 0.700. The SMILES string of the molecule is CC1(C)COCCN1S(=O)(=O)c1[nH]ncc1CO. The number of sulfonamides is 1. The number of hydrogen-bond donors (Lipinski definition) is 2. The smallest absolute Gasteiger partial charge is 0.260 e. The summed E-state index contributed by atoms with van der Waals surface area (Å²) in [6.07, 6.45) is 1.32. The number of morpholine rings is 1. The van der Waals surface area contributed by atoms with E-state index in [9.17, 15) is 8.42 Å². The molecule has 7 nitrogen and oxygen atoms in total. The van der Waals surface area contributed by atoms with Crippen molar-refractivity contribution in [3.8, 4) is 0 Å². The molecule has 0 saturated carbocycles. The summed E-state index contributed by atoms with van der Waals surface area (Å²) in [5.41, 5.74) is -0.341. The highest BCUT2D eigenvalue weighted by atomic mass is 32.2. The molecule has 0 aliphatic carbocycles. The van der Waals surface area contributed by atoms with Gasteiger partial charge in [0.05, 0.1) is 31.6 Å². The van der Waals surface area contributed by atoms with Gasteiger partial charge in [0.1, 0.15) is 0 Å². The summed E-state index contributed by atoms with van der Waals surface area (Å²) in [4.78, 5) is 0. The van der Waals surface area contributed by atoms with Gasteiger partial charge in [-0.3, -0.25) is 5.10 Å². The fourth-order valence-corrected chi connectivity index (χ4v) is 3.89. The lowest BCUT2D eigenvalue weighted by atomic mass is 10.1. The highest BCUT2D eigenvalue weighted by Gasteiger charge is 2.41. The van der Waals surface area contributed by atoms with Crippen molar-refractivity contribution in [3.05, 3.63) is 11.8 Å². The van der Waals surface area contributed by atoms with E-state index in [-0.39, 0.29) is 17.2 Å². The number of H-pyrrole nitrogens is 1. The molecule has 2 heterocycles.